The monoisotopic (exact) mass is 270 g/mol. The van der Waals surface area contributed by atoms with Gasteiger partial charge in [0.1, 0.15) is 0 Å². The molecule has 0 nitrogen and oxygen atoms in total. The Labute approximate surface area is 126 Å². The van der Waals surface area contributed by atoms with Crippen LogP contribution in [-0.4, -0.2) is 0 Å². The minimum absolute atomic E-state index is 1.07. The number of hydrogen-bond donors (Lipinski definition) is 0. The van der Waals surface area contributed by atoms with Gasteiger partial charge in [0.15, 0.2) is 0 Å². The minimum atomic E-state index is 1.07. The zero-order valence-electron chi connectivity index (χ0n) is 12.0. The predicted molar refractivity (Wildman–Crippen MR) is 89.1 cm³/mol. The van der Waals surface area contributed by atoms with Crippen LogP contribution in [0, 0.1) is 0 Å². The third-order valence-electron chi connectivity index (χ3n) is 4.42. The molecule has 2 aromatic rings. The molecule has 0 heteroatoms. The average molecular weight is 270 g/mol. The molecule has 0 aliphatic heterocycles. The van der Waals surface area contributed by atoms with Crippen molar-refractivity contribution in [1.29, 1.82) is 0 Å². The summed E-state index contributed by atoms with van der Waals surface area (Å²) in [4.78, 5) is 0. The van der Waals surface area contributed by atoms with Crippen molar-refractivity contribution in [2.75, 3.05) is 0 Å². The first-order valence-electron chi connectivity index (χ1n) is 7.66. The lowest BCUT2D eigenvalue weighted by molar-refractivity contribution is 0.956. The molecule has 0 saturated heterocycles. The molecule has 0 bridgehead atoms. The molecule has 2 aliphatic rings. The number of allylic oxidation sites excluding steroid dienone is 5. The zero-order chi connectivity index (χ0) is 14.1. The fraction of sp³-hybridized carbons (Fsp3) is 0.143. The van der Waals surface area contributed by atoms with Gasteiger partial charge in [0.2, 0.25) is 0 Å². The summed E-state index contributed by atoms with van der Waals surface area (Å²) in [6, 6.07) is 19.7. The highest BCUT2D eigenvalue weighted by Gasteiger charge is 2.24. The van der Waals surface area contributed by atoms with Crippen LogP contribution in [0.1, 0.15) is 29.5 Å². The van der Waals surface area contributed by atoms with Gasteiger partial charge in [-0.1, -0.05) is 72.8 Å². The second kappa shape index (κ2) is 5.21. The Morgan fingerprint density at radius 1 is 0.810 bits per heavy atom. The number of rotatable bonds is 2. The van der Waals surface area contributed by atoms with Crippen LogP contribution in [0.5, 0.6) is 0 Å². The second-order valence-corrected chi connectivity index (χ2v) is 5.71. The number of hydrogen-bond acceptors (Lipinski definition) is 0. The minimum Gasteiger partial charge on any atom is -0.0842 e. The summed E-state index contributed by atoms with van der Waals surface area (Å²) in [5.41, 5.74) is 8.68. The SMILES string of the molecule is C1=CCCC(C2=C(c3ccccc3)c3ccccc3C2)=C1. The first-order chi connectivity index (χ1) is 10.4. The maximum atomic E-state index is 2.30. The van der Waals surface area contributed by atoms with Crippen LogP contribution in [0.2, 0.25) is 0 Å². The largest absolute Gasteiger partial charge is 0.0842 e. The number of benzene rings is 2. The Bertz CT molecular complexity index is 758. The van der Waals surface area contributed by atoms with E-state index in [4.69, 9.17) is 0 Å². The van der Waals surface area contributed by atoms with Gasteiger partial charge in [0, 0.05) is 0 Å². The van der Waals surface area contributed by atoms with E-state index in [1.807, 2.05) is 0 Å². The highest BCUT2D eigenvalue weighted by atomic mass is 14.3. The molecule has 0 radical (unpaired) electrons. The second-order valence-electron chi connectivity index (χ2n) is 5.71. The molecule has 0 N–H and O–H groups in total. The van der Waals surface area contributed by atoms with Gasteiger partial charge in [0.05, 0.1) is 0 Å². The molecule has 102 valence electrons. The molecule has 0 heterocycles. The van der Waals surface area contributed by atoms with Crippen LogP contribution < -0.4 is 0 Å². The summed E-state index contributed by atoms with van der Waals surface area (Å²) in [6.07, 6.45) is 10.2. The highest BCUT2D eigenvalue weighted by molar-refractivity contribution is 5.89. The van der Waals surface area contributed by atoms with Gasteiger partial charge in [-0.25, -0.2) is 0 Å². The fourth-order valence-corrected chi connectivity index (χ4v) is 3.42. The Hall–Kier alpha value is -2.34. The summed E-state index contributed by atoms with van der Waals surface area (Å²) in [7, 11) is 0. The third kappa shape index (κ3) is 2.17. The molecule has 0 fully saturated rings. The molecule has 0 atom stereocenters. The van der Waals surface area contributed by atoms with Crippen molar-refractivity contribution in [1.82, 2.24) is 0 Å². The van der Waals surface area contributed by atoms with E-state index in [1.54, 1.807) is 0 Å². The van der Waals surface area contributed by atoms with Crippen LogP contribution >= 0.6 is 0 Å². The molecule has 0 unspecified atom stereocenters. The smallest absolute Gasteiger partial charge is 0.00105 e. The molecule has 0 aromatic heterocycles. The molecule has 0 spiro atoms. The average Bonchev–Trinajstić information content (AvgIpc) is 2.96. The Balaban J connectivity index is 1.92. The van der Waals surface area contributed by atoms with Gasteiger partial charge in [0.25, 0.3) is 0 Å². The van der Waals surface area contributed by atoms with E-state index < -0.39 is 0 Å². The fourth-order valence-electron chi connectivity index (χ4n) is 3.42. The van der Waals surface area contributed by atoms with Crippen LogP contribution in [0.4, 0.5) is 0 Å². The quantitative estimate of drug-likeness (QED) is 0.692. The Kier molecular flexibility index (Phi) is 3.08. The Morgan fingerprint density at radius 2 is 1.62 bits per heavy atom. The first kappa shape index (κ1) is 12.4. The predicted octanol–water partition coefficient (Wildman–Crippen LogP) is 5.32. The van der Waals surface area contributed by atoms with Crippen molar-refractivity contribution in [3.63, 3.8) is 0 Å². The summed E-state index contributed by atoms with van der Waals surface area (Å²) in [5, 5.41) is 0. The van der Waals surface area contributed by atoms with Gasteiger partial charge in [-0.05, 0) is 52.7 Å². The normalized spacial score (nSPS) is 16.9. The van der Waals surface area contributed by atoms with Crippen molar-refractivity contribution in [3.05, 3.63) is 101 Å². The van der Waals surface area contributed by atoms with Crippen molar-refractivity contribution in [2.45, 2.75) is 19.3 Å². The van der Waals surface area contributed by atoms with Crippen LogP contribution in [0.25, 0.3) is 5.57 Å². The van der Waals surface area contributed by atoms with E-state index in [-0.39, 0.29) is 0 Å². The van der Waals surface area contributed by atoms with Crippen molar-refractivity contribution >= 4 is 5.57 Å². The molecule has 2 aliphatic carbocycles. The molecule has 4 rings (SSSR count). The lowest BCUT2D eigenvalue weighted by Crippen LogP contribution is -1.95. The van der Waals surface area contributed by atoms with Crippen LogP contribution in [0.15, 0.2) is 84.0 Å². The molecular formula is C21H18. The highest BCUT2D eigenvalue weighted by Crippen LogP contribution is 2.41. The van der Waals surface area contributed by atoms with Gasteiger partial charge in [-0.2, -0.15) is 0 Å². The van der Waals surface area contributed by atoms with Crippen LogP contribution in [0.3, 0.4) is 0 Å². The standard InChI is InChI=1S/C21H18/c1-3-9-16(10-4-1)20-15-18-13-7-8-14-19(18)21(20)17-11-5-2-6-12-17/h1-3,5-9,11-14H,4,10,15H2. The summed E-state index contributed by atoms with van der Waals surface area (Å²) >= 11 is 0. The Morgan fingerprint density at radius 3 is 2.43 bits per heavy atom. The zero-order valence-corrected chi connectivity index (χ0v) is 12.0. The molecular weight excluding hydrogens is 252 g/mol. The van der Waals surface area contributed by atoms with Crippen molar-refractivity contribution in [3.8, 4) is 0 Å². The van der Waals surface area contributed by atoms with E-state index in [9.17, 15) is 0 Å². The van der Waals surface area contributed by atoms with E-state index in [0.717, 1.165) is 19.3 Å². The van der Waals surface area contributed by atoms with Gasteiger partial charge in [-0.3, -0.25) is 0 Å². The van der Waals surface area contributed by atoms with Crippen molar-refractivity contribution in [2.24, 2.45) is 0 Å². The van der Waals surface area contributed by atoms with Crippen LogP contribution in [-0.2, 0) is 6.42 Å². The molecule has 0 saturated carbocycles. The van der Waals surface area contributed by atoms with E-state index in [2.05, 4.69) is 72.8 Å². The maximum Gasteiger partial charge on any atom is -0.00105 e. The summed E-state index contributed by atoms with van der Waals surface area (Å²) in [5.74, 6) is 0. The van der Waals surface area contributed by atoms with Gasteiger partial charge >= 0.3 is 0 Å². The molecule has 0 amide bonds. The number of fused-ring (bicyclic) bond motifs is 1. The lowest BCUT2D eigenvalue weighted by Gasteiger charge is -2.14. The van der Waals surface area contributed by atoms with E-state index in [1.165, 1.54) is 33.4 Å². The third-order valence-corrected chi connectivity index (χ3v) is 4.42. The summed E-state index contributed by atoms with van der Waals surface area (Å²) in [6.45, 7) is 0. The van der Waals surface area contributed by atoms with E-state index in [0.29, 0.717) is 0 Å². The van der Waals surface area contributed by atoms with Gasteiger partial charge < -0.3 is 0 Å². The van der Waals surface area contributed by atoms with Gasteiger partial charge in [-0.15, -0.1) is 0 Å². The lowest BCUT2D eigenvalue weighted by atomic mass is 9.91. The summed E-state index contributed by atoms with van der Waals surface area (Å²) < 4.78 is 0. The van der Waals surface area contributed by atoms with Crippen molar-refractivity contribution < 1.29 is 0 Å². The first-order valence-corrected chi connectivity index (χ1v) is 7.66. The molecule has 2 aromatic carbocycles. The van der Waals surface area contributed by atoms with E-state index >= 15 is 0 Å². The maximum absolute atomic E-state index is 2.30. The topological polar surface area (TPSA) is 0 Å². The molecule has 21 heavy (non-hydrogen) atoms.